The van der Waals surface area contributed by atoms with Crippen molar-refractivity contribution < 1.29 is 9.53 Å². The number of thiocarbonyl (C=S) groups is 1. The van der Waals surface area contributed by atoms with Crippen molar-refractivity contribution in [1.29, 1.82) is 0 Å². The number of nitrogens with zero attached hydrogens (tertiary/aromatic N) is 1. The molecule has 0 aliphatic heterocycles. The Morgan fingerprint density at radius 2 is 2.25 bits per heavy atom. The van der Waals surface area contributed by atoms with E-state index in [1.54, 1.807) is 18.2 Å². The molecule has 2 rings (SSSR count). The summed E-state index contributed by atoms with van der Waals surface area (Å²) in [7, 11) is 1.52. The number of thiazole rings is 1. The lowest BCUT2D eigenvalue weighted by Gasteiger charge is -2.13. The number of hydrogen-bond donors (Lipinski definition) is 2. The average Bonchev–Trinajstić information content (AvgIpc) is 2.85. The lowest BCUT2D eigenvalue weighted by molar-refractivity contribution is 0.103. The van der Waals surface area contributed by atoms with Gasteiger partial charge < -0.3 is 15.8 Å². The monoisotopic (exact) mass is 307 g/mol. The summed E-state index contributed by atoms with van der Waals surface area (Å²) in [5.74, 6) is 0.238. The maximum Gasteiger partial charge on any atom is 0.267 e. The number of carbonyl (C=O) groups excluding carboxylic acids is 1. The highest BCUT2D eigenvalue weighted by molar-refractivity contribution is 7.80. The number of rotatable bonds is 4. The molecule has 1 aromatic heterocycles. The molecule has 0 unspecified atom stereocenters. The van der Waals surface area contributed by atoms with Crippen LogP contribution in [0.15, 0.2) is 24.4 Å². The zero-order valence-corrected chi connectivity index (χ0v) is 12.6. The standard InChI is InChI=1S/C13H13N3O2S2/c1-7-15-6-10(20-7)13(17)16-11-8(12(14)19)4-3-5-9(11)18-2/h3-6H,1-2H3,(H2,14,19)(H,16,17). The van der Waals surface area contributed by atoms with Crippen LogP contribution in [0.2, 0.25) is 0 Å². The minimum Gasteiger partial charge on any atom is -0.495 e. The molecule has 1 aromatic carbocycles. The van der Waals surface area contributed by atoms with E-state index in [9.17, 15) is 4.79 Å². The molecule has 0 saturated heterocycles. The fourth-order valence-corrected chi connectivity index (χ4v) is 2.52. The van der Waals surface area contributed by atoms with E-state index < -0.39 is 0 Å². The number of ether oxygens (including phenoxy) is 1. The normalized spacial score (nSPS) is 10.1. The molecule has 20 heavy (non-hydrogen) atoms. The van der Waals surface area contributed by atoms with E-state index in [0.717, 1.165) is 5.01 Å². The number of anilines is 1. The van der Waals surface area contributed by atoms with Crippen LogP contribution in [0.1, 0.15) is 20.2 Å². The molecule has 1 heterocycles. The first-order chi connectivity index (χ1) is 9.52. The zero-order chi connectivity index (χ0) is 14.7. The van der Waals surface area contributed by atoms with Gasteiger partial charge in [0.05, 0.1) is 24.0 Å². The van der Waals surface area contributed by atoms with Gasteiger partial charge in [-0.05, 0) is 19.1 Å². The number of nitrogens with two attached hydrogens (primary N) is 1. The smallest absolute Gasteiger partial charge is 0.267 e. The van der Waals surface area contributed by atoms with Crippen molar-refractivity contribution in [3.63, 3.8) is 0 Å². The van der Waals surface area contributed by atoms with Gasteiger partial charge in [0, 0.05) is 5.56 Å². The third kappa shape index (κ3) is 2.94. The van der Waals surface area contributed by atoms with E-state index in [2.05, 4.69) is 10.3 Å². The van der Waals surface area contributed by atoms with Crippen LogP contribution < -0.4 is 15.8 Å². The van der Waals surface area contributed by atoms with Gasteiger partial charge in [0.15, 0.2) is 0 Å². The average molecular weight is 307 g/mol. The Kier molecular flexibility index (Phi) is 4.31. The summed E-state index contributed by atoms with van der Waals surface area (Å²) in [5.41, 5.74) is 6.71. The van der Waals surface area contributed by atoms with Crippen molar-refractivity contribution in [2.24, 2.45) is 5.73 Å². The summed E-state index contributed by atoms with van der Waals surface area (Å²) in [6.45, 7) is 1.84. The minimum absolute atomic E-state index is 0.194. The molecule has 0 fully saturated rings. The first-order valence-corrected chi connectivity index (χ1v) is 6.96. The summed E-state index contributed by atoms with van der Waals surface area (Å²) in [5, 5.41) is 3.60. The summed E-state index contributed by atoms with van der Waals surface area (Å²) in [4.78, 5) is 17.0. The zero-order valence-electron chi connectivity index (χ0n) is 11.0. The third-order valence-corrected chi connectivity index (χ3v) is 3.73. The molecule has 0 atom stereocenters. The number of methoxy groups -OCH3 is 1. The van der Waals surface area contributed by atoms with E-state index in [1.165, 1.54) is 24.6 Å². The Morgan fingerprint density at radius 3 is 2.80 bits per heavy atom. The van der Waals surface area contributed by atoms with Crippen molar-refractivity contribution in [2.45, 2.75) is 6.92 Å². The van der Waals surface area contributed by atoms with E-state index in [4.69, 9.17) is 22.7 Å². The highest BCUT2D eigenvalue weighted by atomic mass is 32.1. The Hall–Kier alpha value is -1.99. The summed E-state index contributed by atoms with van der Waals surface area (Å²) in [6, 6.07) is 5.23. The lowest BCUT2D eigenvalue weighted by Crippen LogP contribution is -2.17. The molecule has 5 nitrogen and oxygen atoms in total. The second-order valence-corrected chi connectivity index (χ2v) is 5.62. The summed E-state index contributed by atoms with van der Waals surface area (Å²) >= 11 is 6.31. The molecular weight excluding hydrogens is 294 g/mol. The Bertz CT molecular complexity index is 667. The maximum atomic E-state index is 12.2. The molecule has 3 N–H and O–H groups in total. The van der Waals surface area contributed by atoms with Crippen molar-refractivity contribution >= 4 is 40.1 Å². The number of aromatic nitrogens is 1. The third-order valence-electron chi connectivity index (χ3n) is 2.60. The first-order valence-electron chi connectivity index (χ1n) is 5.73. The highest BCUT2D eigenvalue weighted by Crippen LogP contribution is 2.29. The van der Waals surface area contributed by atoms with E-state index in [0.29, 0.717) is 21.9 Å². The van der Waals surface area contributed by atoms with Crippen LogP contribution in [0.4, 0.5) is 5.69 Å². The lowest BCUT2D eigenvalue weighted by atomic mass is 10.1. The summed E-state index contributed by atoms with van der Waals surface area (Å²) < 4.78 is 5.24. The number of para-hydroxylation sites is 1. The molecule has 0 radical (unpaired) electrons. The maximum absolute atomic E-state index is 12.2. The Balaban J connectivity index is 2.37. The fraction of sp³-hybridized carbons (Fsp3) is 0.154. The largest absolute Gasteiger partial charge is 0.495 e. The molecule has 1 amide bonds. The van der Waals surface area contributed by atoms with Gasteiger partial charge in [0.2, 0.25) is 0 Å². The molecule has 2 aromatic rings. The molecule has 104 valence electrons. The van der Waals surface area contributed by atoms with E-state index in [-0.39, 0.29) is 10.9 Å². The van der Waals surface area contributed by atoms with Crippen LogP contribution in [0.3, 0.4) is 0 Å². The summed E-state index contributed by atoms with van der Waals surface area (Å²) in [6.07, 6.45) is 1.53. The molecule has 0 spiro atoms. The molecule has 0 bridgehead atoms. The topological polar surface area (TPSA) is 77.2 Å². The second-order valence-electron chi connectivity index (χ2n) is 3.94. The van der Waals surface area contributed by atoms with E-state index >= 15 is 0 Å². The molecule has 0 aliphatic carbocycles. The predicted molar refractivity (Wildman–Crippen MR) is 83.7 cm³/mol. The number of hydrogen-bond acceptors (Lipinski definition) is 5. The first kappa shape index (κ1) is 14.4. The van der Waals surface area contributed by atoms with Crippen LogP contribution in [0.25, 0.3) is 0 Å². The van der Waals surface area contributed by atoms with Gasteiger partial charge >= 0.3 is 0 Å². The quantitative estimate of drug-likeness (QED) is 0.848. The van der Waals surface area contributed by atoms with Crippen molar-refractivity contribution in [2.75, 3.05) is 12.4 Å². The number of benzene rings is 1. The number of aryl methyl sites for hydroxylation is 1. The van der Waals surface area contributed by atoms with Gasteiger partial charge in [-0.1, -0.05) is 18.3 Å². The van der Waals surface area contributed by atoms with Gasteiger partial charge in [-0.25, -0.2) is 4.98 Å². The molecule has 0 aliphatic rings. The number of amides is 1. The molecule has 7 heteroatoms. The highest BCUT2D eigenvalue weighted by Gasteiger charge is 2.16. The Labute approximate surface area is 125 Å². The molecular formula is C13H13N3O2S2. The van der Waals surface area contributed by atoms with Crippen LogP contribution in [0.5, 0.6) is 5.75 Å². The van der Waals surface area contributed by atoms with Crippen molar-refractivity contribution in [3.8, 4) is 5.75 Å². The molecule has 0 saturated carbocycles. The Morgan fingerprint density at radius 1 is 1.50 bits per heavy atom. The van der Waals surface area contributed by atoms with Gasteiger partial charge in [-0.15, -0.1) is 11.3 Å². The van der Waals surface area contributed by atoms with Gasteiger partial charge in [0.1, 0.15) is 15.6 Å². The minimum atomic E-state index is -0.266. The number of nitrogens with one attached hydrogen (secondary N) is 1. The second kappa shape index (κ2) is 5.98. The predicted octanol–water partition coefficient (Wildman–Crippen LogP) is 2.35. The fourth-order valence-electron chi connectivity index (χ4n) is 1.68. The van der Waals surface area contributed by atoms with Crippen LogP contribution in [-0.2, 0) is 0 Å². The SMILES string of the molecule is COc1cccc(C(N)=S)c1NC(=O)c1cnc(C)s1. The van der Waals surface area contributed by atoms with Crippen molar-refractivity contribution in [1.82, 2.24) is 4.98 Å². The van der Waals surface area contributed by atoms with Gasteiger partial charge in [-0.3, -0.25) is 4.79 Å². The van der Waals surface area contributed by atoms with Crippen molar-refractivity contribution in [3.05, 3.63) is 39.8 Å². The van der Waals surface area contributed by atoms with Crippen LogP contribution >= 0.6 is 23.6 Å². The van der Waals surface area contributed by atoms with Crippen LogP contribution in [0, 0.1) is 6.92 Å². The number of carbonyl (C=O) groups is 1. The van der Waals surface area contributed by atoms with Crippen LogP contribution in [-0.4, -0.2) is 23.0 Å². The van der Waals surface area contributed by atoms with Gasteiger partial charge in [-0.2, -0.15) is 0 Å². The van der Waals surface area contributed by atoms with E-state index in [1.807, 2.05) is 6.92 Å². The van der Waals surface area contributed by atoms with Gasteiger partial charge in [0.25, 0.3) is 5.91 Å².